The Morgan fingerprint density at radius 2 is 1.13 bits per heavy atom. The highest BCUT2D eigenvalue weighted by molar-refractivity contribution is 5.86. The molecule has 114 valence electrons. The van der Waals surface area contributed by atoms with Crippen LogP contribution in [-0.2, 0) is 5.60 Å². The van der Waals surface area contributed by atoms with E-state index >= 15 is 0 Å². The first-order valence-electron chi connectivity index (χ1n) is 8.03. The van der Waals surface area contributed by atoms with Crippen LogP contribution in [0.3, 0.4) is 0 Å². The molecule has 1 aliphatic carbocycles. The molecule has 0 unspecified atom stereocenters. The molecule has 0 bridgehead atoms. The zero-order valence-corrected chi connectivity index (χ0v) is 13.7. The number of aryl methyl sites for hydroxylation is 3. The van der Waals surface area contributed by atoms with Crippen molar-refractivity contribution in [3.63, 3.8) is 0 Å². The number of fused-ring (bicyclic) bond motifs is 3. The van der Waals surface area contributed by atoms with Crippen molar-refractivity contribution in [3.05, 3.63) is 94.0 Å². The van der Waals surface area contributed by atoms with Gasteiger partial charge in [0.1, 0.15) is 5.60 Å². The third-order valence-electron chi connectivity index (χ3n) is 5.04. The third kappa shape index (κ3) is 1.83. The van der Waals surface area contributed by atoms with Gasteiger partial charge in [0, 0.05) is 11.1 Å². The lowest BCUT2D eigenvalue weighted by Crippen LogP contribution is -2.26. The summed E-state index contributed by atoms with van der Waals surface area (Å²) in [5.74, 6) is 0. The Balaban J connectivity index is 2.12. The molecule has 3 aromatic rings. The van der Waals surface area contributed by atoms with Crippen molar-refractivity contribution in [1.82, 2.24) is 0 Å². The molecule has 1 aliphatic rings. The molecule has 0 aromatic heterocycles. The predicted molar refractivity (Wildman–Crippen MR) is 94.6 cm³/mol. The molecular weight excluding hydrogens is 280 g/mol. The highest BCUT2D eigenvalue weighted by Crippen LogP contribution is 2.52. The quantitative estimate of drug-likeness (QED) is 0.679. The lowest BCUT2D eigenvalue weighted by atomic mass is 9.83. The fourth-order valence-corrected chi connectivity index (χ4v) is 3.85. The topological polar surface area (TPSA) is 20.2 Å². The van der Waals surface area contributed by atoms with Gasteiger partial charge >= 0.3 is 0 Å². The molecule has 0 amide bonds. The fourth-order valence-electron chi connectivity index (χ4n) is 3.85. The predicted octanol–water partition coefficient (Wildman–Crippen LogP) is 4.88. The Hall–Kier alpha value is -2.38. The van der Waals surface area contributed by atoms with E-state index in [1.54, 1.807) is 0 Å². The highest BCUT2D eigenvalue weighted by Gasteiger charge is 2.44. The van der Waals surface area contributed by atoms with Crippen LogP contribution >= 0.6 is 0 Å². The molecule has 0 saturated carbocycles. The average molecular weight is 300 g/mol. The van der Waals surface area contributed by atoms with E-state index < -0.39 is 5.60 Å². The van der Waals surface area contributed by atoms with Crippen molar-refractivity contribution in [2.24, 2.45) is 0 Å². The first-order chi connectivity index (χ1) is 11.0. The van der Waals surface area contributed by atoms with E-state index in [1.165, 1.54) is 27.8 Å². The van der Waals surface area contributed by atoms with Gasteiger partial charge in [-0.3, -0.25) is 0 Å². The summed E-state index contributed by atoms with van der Waals surface area (Å²) in [6.45, 7) is 6.31. The molecule has 3 aromatic carbocycles. The zero-order chi connectivity index (χ0) is 16.2. The van der Waals surface area contributed by atoms with E-state index in [0.29, 0.717) is 0 Å². The lowest BCUT2D eigenvalue weighted by molar-refractivity contribution is 0.130. The van der Waals surface area contributed by atoms with Crippen molar-refractivity contribution in [3.8, 4) is 11.1 Å². The second-order valence-electron chi connectivity index (χ2n) is 6.57. The first-order valence-corrected chi connectivity index (χ1v) is 8.03. The van der Waals surface area contributed by atoms with Crippen molar-refractivity contribution >= 4 is 0 Å². The van der Waals surface area contributed by atoms with Gasteiger partial charge in [0.2, 0.25) is 0 Å². The van der Waals surface area contributed by atoms with E-state index in [1.807, 2.05) is 24.3 Å². The molecule has 1 N–H and O–H groups in total. The van der Waals surface area contributed by atoms with Crippen molar-refractivity contribution < 1.29 is 5.11 Å². The van der Waals surface area contributed by atoms with Gasteiger partial charge in [-0.2, -0.15) is 0 Å². The summed E-state index contributed by atoms with van der Waals surface area (Å²) >= 11 is 0. The molecular formula is C22H20O. The van der Waals surface area contributed by atoms with E-state index in [4.69, 9.17) is 0 Å². The summed E-state index contributed by atoms with van der Waals surface area (Å²) in [4.78, 5) is 0. The molecule has 4 rings (SSSR count). The lowest BCUT2D eigenvalue weighted by Gasteiger charge is -2.27. The van der Waals surface area contributed by atoms with Crippen LogP contribution < -0.4 is 0 Å². The van der Waals surface area contributed by atoms with E-state index in [9.17, 15) is 5.11 Å². The summed E-state index contributed by atoms with van der Waals surface area (Å²) in [5.41, 5.74) is 7.82. The average Bonchev–Trinajstić information content (AvgIpc) is 2.81. The van der Waals surface area contributed by atoms with E-state index in [0.717, 1.165) is 16.7 Å². The van der Waals surface area contributed by atoms with Crippen LogP contribution in [0, 0.1) is 20.8 Å². The number of rotatable bonds is 1. The van der Waals surface area contributed by atoms with Crippen LogP contribution in [0.4, 0.5) is 0 Å². The van der Waals surface area contributed by atoms with Crippen molar-refractivity contribution in [1.29, 1.82) is 0 Å². The molecule has 0 saturated heterocycles. The Kier molecular flexibility index (Phi) is 2.97. The van der Waals surface area contributed by atoms with Crippen LogP contribution in [-0.4, -0.2) is 5.11 Å². The molecule has 0 fully saturated rings. The number of benzene rings is 3. The number of aliphatic hydroxyl groups is 1. The minimum absolute atomic E-state index is 0.930. The maximum Gasteiger partial charge on any atom is 0.141 e. The third-order valence-corrected chi connectivity index (χ3v) is 5.04. The van der Waals surface area contributed by atoms with Gasteiger partial charge < -0.3 is 5.11 Å². The Morgan fingerprint density at radius 3 is 1.61 bits per heavy atom. The SMILES string of the molecule is Cc1ccc(C2(O)c3cccc(C)c3-c3c(C)cccc32)cc1. The van der Waals surface area contributed by atoms with Gasteiger partial charge in [-0.05, 0) is 48.6 Å². The van der Waals surface area contributed by atoms with Gasteiger partial charge in [0.05, 0.1) is 0 Å². The maximum absolute atomic E-state index is 11.8. The summed E-state index contributed by atoms with van der Waals surface area (Å²) in [7, 11) is 0. The van der Waals surface area contributed by atoms with Gasteiger partial charge in [-0.1, -0.05) is 66.2 Å². The van der Waals surface area contributed by atoms with Gasteiger partial charge in [-0.15, -0.1) is 0 Å². The van der Waals surface area contributed by atoms with Gasteiger partial charge in [0.15, 0.2) is 0 Å². The summed E-state index contributed by atoms with van der Waals surface area (Å²) in [5, 5.41) is 11.8. The fraction of sp³-hybridized carbons (Fsp3) is 0.182. The van der Waals surface area contributed by atoms with Crippen molar-refractivity contribution in [2.75, 3.05) is 0 Å². The Bertz CT molecular complexity index is 852. The Morgan fingerprint density at radius 1 is 0.652 bits per heavy atom. The van der Waals surface area contributed by atoms with Crippen LogP contribution in [0.5, 0.6) is 0 Å². The van der Waals surface area contributed by atoms with Crippen LogP contribution in [0.25, 0.3) is 11.1 Å². The highest BCUT2D eigenvalue weighted by atomic mass is 16.3. The second-order valence-corrected chi connectivity index (χ2v) is 6.57. The maximum atomic E-state index is 11.8. The molecule has 0 aliphatic heterocycles. The van der Waals surface area contributed by atoms with Gasteiger partial charge in [0.25, 0.3) is 0 Å². The van der Waals surface area contributed by atoms with Crippen LogP contribution in [0.1, 0.15) is 33.4 Å². The standard InChI is InChI=1S/C22H20O/c1-14-10-12-17(13-11-14)22(23)18-8-4-6-15(2)20(18)21-16(3)7-5-9-19(21)22/h4-13,23H,1-3H3. The van der Waals surface area contributed by atoms with Crippen LogP contribution in [0.15, 0.2) is 60.7 Å². The number of hydrogen-bond acceptors (Lipinski definition) is 1. The molecule has 23 heavy (non-hydrogen) atoms. The van der Waals surface area contributed by atoms with E-state index in [2.05, 4.69) is 57.2 Å². The smallest absolute Gasteiger partial charge is 0.141 e. The van der Waals surface area contributed by atoms with Crippen molar-refractivity contribution in [2.45, 2.75) is 26.4 Å². The molecule has 1 heteroatoms. The number of hydrogen-bond donors (Lipinski definition) is 1. The molecule has 0 spiro atoms. The minimum atomic E-state index is -1.07. The Labute approximate surface area is 137 Å². The largest absolute Gasteiger partial charge is 0.376 e. The summed E-state index contributed by atoms with van der Waals surface area (Å²) < 4.78 is 0. The molecule has 0 atom stereocenters. The minimum Gasteiger partial charge on any atom is -0.376 e. The monoisotopic (exact) mass is 300 g/mol. The summed E-state index contributed by atoms with van der Waals surface area (Å²) in [6.07, 6.45) is 0. The van der Waals surface area contributed by atoms with Crippen LogP contribution in [0.2, 0.25) is 0 Å². The second kappa shape index (κ2) is 4.81. The normalized spacial score (nSPS) is 14.4. The molecule has 0 radical (unpaired) electrons. The van der Waals surface area contributed by atoms with Gasteiger partial charge in [-0.25, -0.2) is 0 Å². The molecule has 1 nitrogen and oxygen atoms in total. The zero-order valence-electron chi connectivity index (χ0n) is 13.7. The van der Waals surface area contributed by atoms with E-state index in [-0.39, 0.29) is 0 Å². The first kappa shape index (κ1) is 14.2. The molecule has 0 heterocycles. The summed E-state index contributed by atoms with van der Waals surface area (Å²) in [6, 6.07) is 20.6.